The van der Waals surface area contributed by atoms with Crippen molar-refractivity contribution in [1.82, 2.24) is 0 Å². The van der Waals surface area contributed by atoms with Crippen molar-refractivity contribution in [3.8, 4) is 0 Å². The van der Waals surface area contributed by atoms with Crippen molar-refractivity contribution in [2.75, 3.05) is 5.09 Å². The van der Waals surface area contributed by atoms with Crippen LogP contribution in [0, 0.1) is 10.1 Å². The number of hydrogen-bond acceptors (Lipinski definition) is 3. The summed E-state index contributed by atoms with van der Waals surface area (Å²) in [6, 6.07) is 5.01. The second-order valence-electron chi connectivity index (χ2n) is 2.54. The molecule has 0 spiro atoms. The molecule has 0 saturated heterocycles. The van der Waals surface area contributed by atoms with Crippen LogP contribution in [0.1, 0.15) is 0 Å². The number of nitro benzene ring substituents is 1. The van der Waals surface area contributed by atoms with E-state index in [1.807, 2.05) is 0 Å². The van der Waals surface area contributed by atoms with Crippen LogP contribution in [0.5, 0.6) is 0 Å². The van der Waals surface area contributed by atoms with Crippen molar-refractivity contribution < 1.29 is 14.4 Å². The van der Waals surface area contributed by atoms with E-state index in [-0.39, 0.29) is 11.4 Å². The quantitative estimate of drug-likeness (QED) is 0.395. The van der Waals surface area contributed by atoms with Crippen LogP contribution in [0.2, 0.25) is 0 Å². The highest BCUT2D eigenvalue weighted by atomic mass is 31.2. The molecule has 76 valence electrons. The number of nitrogens with two attached hydrogens (primary N) is 1. The van der Waals surface area contributed by atoms with Crippen LogP contribution >= 0.6 is 7.67 Å². The average molecular weight is 217 g/mol. The Bertz CT molecular complexity index is 385. The number of nitro groups is 1. The molecule has 0 amide bonds. The maximum absolute atomic E-state index is 10.7. The number of nitrogens with one attached hydrogen (secondary N) is 1. The molecular formula is C6H8N3O4P. The lowest BCUT2D eigenvalue weighted by Gasteiger charge is -2.07. The second kappa shape index (κ2) is 3.75. The Morgan fingerprint density at radius 3 is 2.29 bits per heavy atom. The van der Waals surface area contributed by atoms with Crippen molar-refractivity contribution >= 4 is 19.0 Å². The summed E-state index contributed by atoms with van der Waals surface area (Å²) in [5, 5.41) is 12.4. The fourth-order valence-corrected chi connectivity index (χ4v) is 1.36. The number of non-ortho nitro benzene ring substituents is 1. The highest BCUT2D eigenvalue weighted by molar-refractivity contribution is 7.57. The Kier molecular flexibility index (Phi) is 2.85. The Hall–Kier alpha value is -1.43. The van der Waals surface area contributed by atoms with Crippen molar-refractivity contribution in [3.05, 3.63) is 34.4 Å². The Morgan fingerprint density at radius 2 is 1.93 bits per heavy atom. The molecule has 0 aliphatic carbocycles. The zero-order chi connectivity index (χ0) is 10.8. The first kappa shape index (κ1) is 10.6. The van der Waals surface area contributed by atoms with E-state index in [0.717, 1.165) is 0 Å². The number of hydrogen-bond donors (Lipinski definition) is 3. The van der Waals surface area contributed by atoms with Crippen molar-refractivity contribution in [1.29, 1.82) is 0 Å². The van der Waals surface area contributed by atoms with Gasteiger partial charge >= 0.3 is 7.67 Å². The van der Waals surface area contributed by atoms with Crippen LogP contribution in [0.15, 0.2) is 24.3 Å². The van der Waals surface area contributed by atoms with E-state index < -0.39 is 12.6 Å². The van der Waals surface area contributed by atoms with Gasteiger partial charge in [0, 0.05) is 17.8 Å². The Morgan fingerprint density at radius 1 is 1.43 bits per heavy atom. The van der Waals surface area contributed by atoms with Gasteiger partial charge in [0.05, 0.1) is 4.92 Å². The van der Waals surface area contributed by atoms with Crippen LogP contribution in [-0.4, -0.2) is 9.82 Å². The molecule has 0 heterocycles. The predicted molar refractivity (Wildman–Crippen MR) is 50.7 cm³/mol. The Balaban J connectivity index is 2.84. The predicted octanol–water partition coefficient (Wildman–Crippen LogP) is 1.07. The van der Waals surface area contributed by atoms with Crippen LogP contribution in [-0.2, 0) is 4.57 Å². The Labute approximate surface area is 79.3 Å². The average Bonchev–Trinajstić information content (AvgIpc) is 2.02. The molecule has 0 saturated carbocycles. The monoisotopic (exact) mass is 217 g/mol. The highest BCUT2D eigenvalue weighted by Gasteiger charge is 2.10. The number of anilines is 1. The van der Waals surface area contributed by atoms with E-state index in [9.17, 15) is 14.7 Å². The largest absolute Gasteiger partial charge is 0.360 e. The zero-order valence-corrected chi connectivity index (χ0v) is 7.85. The van der Waals surface area contributed by atoms with Gasteiger partial charge in [0.1, 0.15) is 0 Å². The van der Waals surface area contributed by atoms with E-state index in [1.54, 1.807) is 0 Å². The van der Waals surface area contributed by atoms with Gasteiger partial charge in [-0.3, -0.25) is 10.1 Å². The van der Waals surface area contributed by atoms with Gasteiger partial charge < -0.3 is 9.98 Å². The van der Waals surface area contributed by atoms with Gasteiger partial charge in [-0.1, -0.05) is 0 Å². The van der Waals surface area contributed by atoms with Crippen LogP contribution in [0.25, 0.3) is 0 Å². The lowest BCUT2D eigenvalue weighted by Crippen LogP contribution is -2.03. The molecule has 0 aromatic heterocycles. The van der Waals surface area contributed by atoms with Crippen molar-refractivity contribution in [2.45, 2.75) is 0 Å². The molecule has 1 unspecified atom stereocenters. The maximum Gasteiger partial charge on any atom is 0.360 e. The smallest absolute Gasteiger partial charge is 0.318 e. The van der Waals surface area contributed by atoms with E-state index in [2.05, 4.69) is 5.09 Å². The summed E-state index contributed by atoms with van der Waals surface area (Å²) in [7, 11) is -3.85. The van der Waals surface area contributed by atoms with E-state index in [0.29, 0.717) is 0 Å². The zero-order valence-electron chi connectivity index (χ0n) is 6.95. The summed E-state index contributed by atoms with van der Waals surface area (Å²) in [5.41, 5.74) is 4.99. The lowest BCUT2D eigenvalue weighted by atomic mass is 10.3. The number of nitrogens with zero attached hydrogens (tertiary/aromatic N) is 1. The fourth-order valence-electron chi connectivity index (χ4n) is 0.843. The minimum atomic E-state index is -3.85. The molecule has 1 aromatic carbocycles. The minimum Gasteiger partial charge on any atom is -0.318 e. The van der Waals surface area contributed by atoms with Crippen LogP contribution in [0.4, 0.5) is 11.4 Å². The van der Waals surface area contributed by atoms with Gasteiger partial charge in [-0.05, 0) is 12.1 Å². The van der Waals surface area contributed by atoms with Crippen LogP contribution < -0.4 is 10.6 Å². The molecule has 0 aliphatic heterocycles. The molecule has 1 atom stereocenters. The molecule has 0 aliphatic rings. The van der Waals surface area contributed by atoms with Crippen LogP contribution in [0.3, 0.4) is 0 Å². The van der Waals surface area contributed by atoms with E-state index in [1.165, 1.54) is 24.3 Å². The molecule has 0 radical (unpaired) electrons. The number of benzene rings is 1. The first-order chi connectivity index (χ1) is 6.38. The summed E-state index contributed by atoms with van der Waals surface area (Å²) in [6.45, 7) is 0. The maximum atomic E-state index is 10.7. The lowest BCUT2D eigenvalue weighted by molar-refractivity contribution is -0.384. The summed E-state index contributed by atoms with van der Waals surface area (Å²) in [4.78, 5) is 18.4. The molecule has 0 bridgehead atoms. The fraction of sp³-hybridized carbons (Fsp3) is 0. The summed E-state index contributed by atoms with van der Waals surface area (Å²) >= 11 is 0. The molecule has 1 rings (SSSR count). The van der Waals surface area contributed by atoms with Gasteiger partial charge in [-0.2, -0.15) is 0 Å². The van der Waals surface area contributed by atoms with Gasteiger partial charge in [-0.25, -0.2) is 10.1 Å². The minimum absolute atomic E-state index is 0.0969. The third kappa shape index (κ3) is 3.14. The van der Waals surface area contributed by atoms with Gasteiger partial charge in [0.15, 0.2) is 0 Å². The van der Waals surface area contributed by atoms with Gasteiger partial charge in [0.2, 0.25) is 0 Å². The van der Waals surface area contributed by atoms with Crippen molar-refractivity contribution in [2.24, 2.45) is 5.50 Å². The molecule has 4 N–H and O–H groups in total. The normalized spacial score (nSPS) is 14.4. The third-order valence-electron chi connectivity index (χ3n) is 1.37. The second-order valence-corrected chi connectivity index (χ2v) is 4.01. The number of rotatable bonds is 3. The highest BCUT2D eigenvalue weighted by Crippen LogP contribution is 2.31. The third-order valence-corrected chi connectivity index (χ3v) is 1.95. The molecule has 0 fully saturated rings. The summed E-state index contributed by atoms with van der Waals surface area (Å²) in [6.07, 6.45) is 0. The van der Waals surface area contributed by atoms with Gasteiger partial charge in [-0.15, -0.1) is 0 Å². The molecule has 8 heteroatoms. The van der Waals surface area contributed by atoms with Gasteiger partial charge in [0.25, 0.3) is 5.69 Å². The molecule has 14 heavy (non-hydrogen) atoms. The first-order valence-electron chi connectivity index (χ1n) is 3.52. The first-order valence-corrected chi connectivity index (χ1v) is 5.25. The topological polar surface area (TPSA) is 118 Å². The van der Waals surface area contributed by atoms with E-state index in [4.69, 9.17) is 10.4 Å². The standard InChI is InChI=1S/C6H8N3O4P/c7-14(12,13)8-5-1-3-6(4-2-5)9(10)11/h1-4H,(H4,7,8,12,13). The summed E-state index contributed by atoms with van der Waals surface area (Å²) in [5.74, 6) is 0. The molecule has 7 nitrogen and oxygen atoms in total. The SMILES string of the molecule is NP(=O)(O)Nc1ccc([N+](=O)[O-])cc1. The molecular weight excluding hydrogens is 209 g/mol. The van der Waals surface area contributed by atoms with E-state index >= 15 is 0 Å². The molecule has 1 aromatic rings. The summed E-state index contributed by atoms with van der Waals surface area (Å²) < 4.78 is 10.7. The van der Waals surface area contributed by atoms with Crippen molar-refractivity contribution in [3.63, 3.8) is 0 Å².